The van der Waals surface area contributed by atoms with Gasteiger partial charge in [0.05, 0.1) is 6.61 Å². The average molecular weight is 293 g/mol. The molecule has 0 amide bonds. The fraction of sp³-hybridized carbons (Fsp3) is 0.462. The van der Waals surface area contributed by atoms with Gasteiger partial charge in [-0.25, -0.2) is 4.68 Å². The smallest absolute Gasteiger partial charge is 0.209 e. The predicted molar refractivity (Wildman–Crippen MR) is 78.5 cm³/mol. The standard InChI is InChI=1S/C13H19N5OS/c1-18-13(15-16-17-18)20-9-6-11-4-2-3-5-12(11)10-14-7-8-19/h2-5,14,19H,6-10H2,1H3. The van der Waals surface area contributed by atoms with Gasteiger partial charge in [-0.3, -0.25) is 0 Å². The van der Waals surface area contributed by atoms with Crippen LogP contribution in [0.1, 0.15) is 11.1 Å². The van der Waals surface area contributed by atoms with Crippen LogP contribution in [-0.2, 0) is 20.0 Å². The Morgan fingerprint density at radius 1 is 1.30 bits per heavy atom. The average Bonchev–Trinajstić information content (AvgIpc) is 2.86. The van der Waals surface area contributed by atoms with Gasteiger partial charge in [0.15, 0.2) is 0 Å². The summed E-state index contributed by atoms with van der Waals surface area (Å²) in [5, 5.41) is 24.2. The predicted octanol–water partition coefficient (Wildman–Crippen LogP) is 0.627. The van der Waals surface area contributed by atoms with Gasteiger partial charge in [-0.1, -0.05) is 36.0 Å². The summed E-state index contributed by atoms with van der Waals surface area (Å²) in [4.78, 5) is 0. The molecule has 0 saturated carbocycles. The summed E-state index contributed by atoms with van der Waals surface area (Å²) in [6, 6.07) is 8.36. The molecule has 0 unspecified atom stereocenters. The molecule has 1 aromatic heterocycles. The zero-order chi connectivity index (χ0) is 14.2. The van der Waals surface area contributed by atoms with Crippen LogP contribution in [0, 0.1) is 0 Å². The lowest BCUT2D eigenvalue weighted by Gasteiger charge is -2.09. The minimum absolute atomic E-state index is 0.164. The van der Waals surface area contributed by atoms with Crippen molar-refractivity contribution >= 4 is 11.8 Å². The van der Waals surface area contributed by atoms with Crippen molar-refractivity contribution in [3.63, 3.8) is 0 Å². The number of benzene rings is 1. The molecule has 1 aromatic carbocycles. The van der Waals surface area contributed by atoms with Crippen LogP contribution >= 0.6 is 11.8 Å². The molecular weight excluding hydrogens is 274 g/mol. The number of thioether (sulfide) groups is 1. The molecule has 0 saturated heterocycles. The van der Waals surface area contributed by atoms with E-state index < -0.39 is 0 Å². The topological polar surface area (TPSA) is 75.9 Å². The molecule has 2 N–H and O–H groups in total. The molecule has 0 aliphatic heterocycles. The first-order chi connectivity index (χ1) is 9.81. The maximum absolute atomic E-state index is 8.80. The lowest BCUT2D eigenvalue weighted by Crippen LogP contribution is -2.18. The highest BCUT2D eigenvalue weighted by Gasteiger charge is 2.05. The third-order valence-electron chi connectivity index (χ3n) is 2.91. The second kappa shape index (κ2) is 7.98. The van der Waals surface area contributed by atoms with E-state index in [9.17, 15) is 0 Å². The van der Waals surface area contributed by atoms with Crippen molar-refractivity contribution in [1.29, 1.82) is 0 Å². The number of hydrogen-bond donors (Lipinski definition) is 2. The lowest BCUT2D eigenvalue weighted by atomic mass is 10.1. The highest BCUT2D eigenvalue weighted by atomic mass is 32.2. The summed E-state index contributed by atoms with van der Waals surface area (Å²) < 4.78 is 1.68. The molecule has 2 aromatic rings. The summed E-state index contributed by atoms with van der Waals surface area (Å²) in [6.07, 6.45) is 0.967. The van der Waals surface area contributed by atoms with Crippen molar-refractivity contribution in [2.45, 2.75) is 18.1 Å². The Morgan fingerprint density at radius 2 is 2.10 bits per heavy atom. The third-order valence-corrected chi connectivity index (χ3v) is 3.92. The van der Waals surface area contributed by atoms with Crippen LogP contribution in [0.2, 0.25) is 0 Å². The molecule has 0 atom stereocenters. The molecule has 1 heterocycles. The van der Waals surface area contributed by atoms with Gasteiger partial charge in [0.2, 0.25) is 5.16 Å². The first-order valence-corrected chi connectivity index (χ1v) is 7.53. The third kappa shape index (κ3) is 4.29. The molecule has 2 rings (SSSR count). The summed E-state index contributed by atoms with van der Waals surface area (Å²) in [5.74, 6) is 0.936. The molecule has 7 heteroatoms. The highest BCUT2D eigenvalue weighted by molar-refractivity contribution is 7.99. The van der Waals surface area contributed by atoms with E-state index in [-0.39, 0.29) is 6.61 Å². The maximum atomic E-state index is 8.80. The summed E-state index contributed by atoms with van der Waals surface area (Å²) >= 11 is 1.65. The van der Waals surface area contributed by atoms with Crippen LogP contribution in [0.25, 0.3) is 0 Å². The first kappa shape index (κ1) is 15.0. The van der Waals surface area contributed by atoms with Crippen LogP contribution in [-0.4, -0.2) is 44.2 Å². The minimum Gasteiger partial charge on any atom is -0.395 e. The molecule has 0 aliphatic carbocycles. The molecular formula is C13H19N5OS. The van der Waals surface area contributed by atoms with Crippen LogP contribution in [0.5, 0.6) is 0 Å². The Balaban J connectivity index is 1.87. The van der Waals surface area contributed by atoms with Gasteiger partial charge in [-0.15, -0.1) is 5.10 Å². The van der Waals surface area contributed by atoms with Crippen molar-refractivity contribution in [2.24, 2.45) is 7.05 Å². The molecule has 0 radical (unpaired) electrons. The van der Waals surface area contributed by atoms with Crippen LogP contribution in [0.3, 0.4) is 0 Å². The van der Waals surface area contributed by atoms with Crippen LogP contribution in [0.15, 0.2) is 29.4 Å². The van der Waals surface area contributed by atoms with E-state index in [1.165, 1.54) is 11.1 Å². The lowest BCUT2D eigenvalue weighted by molar-refractivity contribution is 0.292. The van der Waals surface area contributed by atoms with Crippen molar-refractivity contribution < 1.29 is 5.11 Å². The number of hydrogen-bond acceptors (Lipinski definition) is 6. The first-order valence-electron chi connectivity index (χ1n) is 6.55. The summed E-state index contributed by atoms with van der Waals surface area (Å²) in [7, 11) is 1.84. The van der Waals surface area contributed by atoms with Crippen LogP contribution in [0.4, 0.5) is 0 Å². The van der Waals surface area contributed by atoms with E-state index in [2.05, 4.69) is 39.0 Å². The van der Waals surface area contributed by atoms with Gasteiger partial charge in [0.1, 0.15) is 0 Å². The monoisotopic (exact) mass is 293 g/mol. The molecule has 0 spiro atoms. The van der Waals surface area contributed by atoms with Crippen molar-refractivity contribution in [2.75, 3.05) is 18.9 Å². The fourth-order valence-electron chi connectivity index (χ4n) is 1.87. The Labute approximate surface area is 122 Å². The van der Waals surface area contributed by atoms with Crippen molar-refractivity contribution in [1.82, 2.24) is 25.5 Å². The second-order valence-corrected chi connectivity index (χ2v) is 5.41. The van der Waals surface area contributed by atoms with E-state index >= 15 is 0 Å². The largest absolute Gasteiger partial charge is 0.395 e. The van der Waals surface area contributed by atoms with Gasteiger partial charge >= 0.3 is 0 Å². The zero-order valence-electron chi connectivity index (χ0n) is 11.5. The molecule has 0 fully saturated rings. The van der Waals surface area contributed by atoms with Gasteiger partial charge in [0.25, 0.3) is 0 Å². The minimum atomic E-state index is 0.164. The number of aliphatic hydroxyl groups excluding tert-OH is 1. The van der Waals surface area contributed by atoms with E-state index in [4.69, 9.17) is 5.11 Å². The van der Waals surface area contributed by atoms with Gasteiger partial charge in [0, 0.05) is 25.9 Å². The van der Waals surface area contributed by atoms with Crippen molar-refractivity contribution in [3.05, 3.63) is 35.4 Å². The zero-order valence-corrected chi connectivity index (χ0v) is 12.3. The van der Waals surface area contributed by atoms with E-state index in [0.29, 0.717) is 6.54 Å². The molecule has 0 bridgehead atoms. The Morgan fingerprint density at radius 3 is 2.80 bits per heavy atom. The van der Waals surface area contributed by atoms with E-state index in [1.807, 2.05) is 13.1 Å². The normalized spacial score (nSPS) is 10.9. The van der Waals surface area contributed by atoms with Crippen LogP contribution < -0.4 is 5.32 Å². The quantitative estimate of drug-likeness (QED) is 0.549. The number of aliphatic hydroxyl groups is 1. The molecule has 20 heavy (non-hydrogen) atoms. The number of rotatable bonds is 8. The molecule has 6 nitrogen and oxygen atoms in total. The van der Waals surface area contributed by atoms with E-state index in [0.717, 1.165) is 23.9 Å². The fourth-order valence-corrected chi connectivity index (χ4v) is 2.69. The molecule has 108 valence electrons. The summed E-state index contributed by atoms with van der Waals surface area (Å²) in [6.45, 7) is 1.57. The Kier molecular flexibility index (Phi) is 5.97. The Hall–Kier alpha value is -1.44. The number of nitrogens with zero attached hydrogens (tertiary/aromatic N) is 4. The second-order valence-electron chi connectivity index (χ2n) is 4.35. The number of nitrogens with one attached hydrogen (secondary N) is 1. The summed E-state index contributed by atoms with van der Waals surface area (Å²) in [5.41, 5.74) is 2.60. The molecule has 0 aliphatic rings. The number of aryl methyl sites for hydroxylation is 2. The van der Waals surface area contributed by atoms with Gasteiger partial charge in [-0.05, 0) is 28.0 Å². The highest BCUT2D eigenvalue weighted by Crippen LogP contribution is 2.17. The van der Waals surface area contributed by atoms with Gasteiger partial charge in [-0.2, -0.15) is 0 Å². The maximum Gasteiger partial charge on any atom is 0.209 e. The van der Waals surface area contributed by atoms with Gasteiger partial charge < -0.3 is 10.4 Å². The SMILES string of the molecule is Cn1nnnc1SCCc1ccccc1CNCCO. The van der Waals surface area contributed by atoms with Crippen molar-refractivity contribution in [3.8, 4) is 0 Å². The van der Waals surface area contributed by atoms with E-state index in [1.54, 1.807) is 16.4 Å². The Bertz CT molecular complexity index is 531. The number of tetrazole rings is 1. The number of aromatic nitrogens is 4.